The summed E-state index contributed by atoms with van der Waals surface area (Å²) in [6, 6.07) is 28.5. The summed E-state index contributed by atoms with van der Waals surface area (Å²) in [6.07, 6.45) is -66.1. The van der Waals surface area contributed by atoms with Crippen LogP contribution in [0.15, 0.2) is 97.1 Å². The highest BCUT2D eigenvalue weighted by Gasteiger charge is 2.57. The van der Waals surface area contributed by atoms with Crippen LogP contribution in [0.4, 0.5) is 0 Å². The van der Waals surface area contributed by atoms with E-state index in [0.29, 0.717) is 56.4 Å². The number of aliphatic hydroxyl groups is 28. The third kappa shape index (κ3) is 28.9. The van der Waals surface area contributed by atoms with Crippen molar-refractivity contribution >= 4 is 11.1 Å². The maximum atomic E-state index is 11.1. The van der Waals surface area contributed by atoms with E-state index < -0.39 is 299 Å². The molecule has 40 atom stereocenters. The van der Waals surface area contributed by atoms with Crippen LogP contribution < -0.4 is 18.9 Å². The summed E-state index contributed by atoms with van der Waals surface area (Å²) in [4.78, 5) is 0. The van der Waals surface area contributed by atoms with E-state index in [1.54, 1.807) is 48.5 Å². The van der Waals surface area contributed by atoms with Crippen LogP contribution in [-0.4, -0.2) is 547 Å². The van der Waals surface area contributed by atoms with E-state index in [4.69, 9.17) is 114 Å². The summed E-state index contributed by atoms with van der Waals surface area (Å²) < 4.78 is 137. The molecule has 8 aliphatic rings. The molecule has 52 heteroatoms. The second kappa shape index (κ2) is 56.0. The Balaban J connectivity index is 0.706. The van der Waals surface area contributed by atoms with Crippen LogP contribution in [0, 0.1) is 0 Å². The zero-order valence-electron chi connectivity index (χ0n) is 76.6. The molecule has 4 aromatic carbocycles. The fourth-order valence-corrected chi connectivity index (χ4v) is 16.7. The fourth-order valence-electron chi connectivity index (χ4n) is 16.7. The van der Waals surface area contributed by atoms with Gasteiger partial charge in [0.25, 0.3) is 0 Å². The van der Waals surface area contributed by atoms with E-state index >= 15 is 0 Å². The molecule has 0 bridgehead atoms. The molecule has 0 amide bonds. The van der Waals surface area contributed by atoms with E-state index in [1.807, 2.05) is 48.5 Å². The molecule has 142 heavy (non-hydrogen) atoms. The maximum Gasteiger partial charge on any atom is 0.187 e. The molecule has 8 saturated heterocycles. The van der Waals surface area contributed by atoms with Crippen molar-refractivity contribution in [3.8, 4) is 23.0 Å². The van der Waals surface area contributed by atoms with Gasteiger partial charge < -0.3 is 257 Å². The van der Waals surface area contributed by atoms with Gasteiger partial charge in [-0.1, -0.05) is 48.5 Å². The van der Waals surface area contributed by atoms with Gasteiger partial charge in [0.15, 0.2) is 50.3 Å². The lowest BCUT2D eigenvalue weighted by Crippen LogP contribution is -2.64. The van der Waals surface area contributed by atoms with Crippen LogP contribution >= 0.6 is 0 Å². The highest BCUT2D eigenvalue weighted by atomic mass is 16.8. The highest BCUT2D eigenvalue weighted by molar-refractivity contribution is 6.04. The van der Waals surface area contributed by atoms with E-state index in [2.05, 4.69) is 0 Å². The van der Waals surface area contributed by atoms with Crippen molar-refractivity contribution in [3.63, 3.8) is 0 Å². The van der Waals surface area contributed by atoms with Crippen LogP contribution in [0.2, 0.25) is 0 Å². The number of benzene rings is 4. The third-order valence-electron chi connectivity index (χ3n) is 24.7. The Bertz CT molecular complexity index is 3730. The smallest absolute Gasteiger partial charge is 0.187 e. The average Bonchev–Trinajstić information content (AvgIpc) is 0.769. The van der Waals surface area contributed by atoms with Gasteiger partial charge in [0.1, 0.15) is 245 Å². The molecule has 0 unspecified atom stereocenters. The molecule has 8 aliphatic heterocycles. The number of rotatable bonds is 52. The van der Waals surface area contributed by atoms with Gasteiger partial charge >= 0.3 is 0 Å². The van der Waals surface area contributed by atoms with Crippen LogP contribution in [0.1, 0.15) is 22.3 Å². The molecule has 0 spiro atoms. The van der Waals surface area contributed by atoms with Gasteiger partial charge in [0.2, 0.25) is 0 Å². The van der Waals surface area contributed by atoms with Gasteiger partial charge in [-0.05, 0) is 81.9 Å². The molecule has 0 radical (unpaired) electrons. The number of aliphatic hydroxyl groups excluding tert-OH is 28. The third-order valence-corrected chi connectivity index (χ3v) is 24.7. The number of ether oxygens (including phenoxy) is 24. The van der Waals surface area contributed by atoms with Crippen molar-refractivity contribution in [2.24, 2.45) is 0 Å². The van der Waals surface area contributed by atoms with Crippen LogP contribution in [-0.2, 0) is 94.7 Å². The predicted octanol–water partition coefficient (Wildman–Crippen LogP) is -13.2. The second-order valence-electron chi connectivity index (χ2n) is 34.2. The summed E-state index contributed by atoms with van der Waals surface area (Å²) in [5.41, 5.74) is 3.93. The molecule has 0 aliphatic carbocycles. The predicted molar refractivity (Wildman–Crippen MR) is 465 cm³/mol. The Labute approximate surface area is 811 Å². The largest absolute Gasteiger partial charge is 0.491 e. The standard InChI is InChI=1S/C90H132O52/c91-33-49-59(99)63(103)71(111)87(131-49)139-79-53(37-95)135-83(75(115)67(79)107)127-29-21-119-17-25-123-45-9-1-41(2-10-45)57(42-3-11-46(12-4-42)124-26-18-120-22-30-128-84-76(116)68(108)80(54(38-96)136-84)140-88-72(112)64(104)60(100)50(34-92)132-88)58(43-5-13-47(14-6-43)125-27-19-121-23-31-129-85-77(117)69(109)81(55(39-97)137-85)141-89-73(113)65(105)61(101)51(35-93)133-89)44-7-15-48(16-8-44)126-28-20-122-24-32-130-86-78(118)70(110)82(56(40-98)138-86)142-90-74(114)66(106)62(102)52(36-94)134-90/h1-16,49-56,59-118H,17-40H2/t49-,50-,51-,52-,53-,54-,55-,56-,59+,60+,61+,62+,63+,64+,65+,66+,67-,68-,69-,70-,71-,72-,73-,74-,75-,76-,77-,78-,79-,80-,81-,82-,83+,84+,85+,86+,87+,88+,89+,90+/m1/s1. The minimum Gasteiger partial charge on any atom is -0.491 e. The lowest BCUT2D eigenvalue weighted by molar-refractivity contribution is -0.359. The molecule has 804 valence electrons. The molecular formula is C90H132O52. The van der Waals surface area contributed by atoms with Gasteiger partial charge in [-0.2, -0.15) is 0 Å². The lowest BCUT2D eigenvalue weighted by Gasteiger charge is -2.45. The van der Waals surface area contributed by atoms with Gasteiger partial charge in [0, 0.05) is 0 Å². The summed E-state index contributed by atoms with van der Waals surface area (Å²) >= 11 is 0. The molecule has 8 fully saturated rings. The molecule has 12 rings (SSSR count). The van der Waals surface area contributed by atoms with Gasteiger partial charge in [-0.15, -0.1) is 0 Å². The van der Waals surface area contributed by atoms with E-state index in [9.17, 15) is 143 Å². The molecule has 28 N–H and O–H groups in total. The Hall–Kier alpha value is -6.10. The number of hydrogen-bond acceptors (Lipinski definition) is 52. The minimum absolute atomic E-state index is 0.00938. The Morgan fingerprint density at radius 3 is 0.514 bits per heavy atom. The van der Waals surface area contributed by atoms with Crippen molar-refractivity contribution in [3.05, 3.63) is 119 Å². The zero-order valence-corrected chi connectivity index (χ0v) is 76.6. The molecule has 0 saturated carbocycles. The quantitative estimate of drug-likeness (QED) is 0.0144. The van der Waals surface area contributed by atoms with Gasteiger partial charge in [0.05, 0.1) is 132 Å². The van der Waals surface area contributed by atoms with Crippen molar-refractivity contribution in [1.29, 1.82) is 0 Å². The monoisotopic (exact) mass is 2040 g/mol. The van der Waals surface area contributed by atoms with Crippen LogP contribution in [0.3, 0.4) is 0 Å². The first-order chi connectivity index (χ1) is 68.4. The Kier molecular flexibility index (Phi) is 45.2. The first-order valence-corrected chi connectivity index (χ1v) is 46.2. The first kappa shape index (κ1) is 115. The van der Waals surface area contributed by atoms with Gasteiger partial charge in [-0.3, -0.25) is 0 Å². The van der Waals surface area contributed by atoms with Crippen molar-refractivity contribution in [1.82, 2.24) is 0 Å². The zero-order chi connectivity index (χ0) is 102. The lowest BCUT2D eigenvalue weighted by atomic mass is 9.85. The summed E-state index contributed by atoms with van der Waals surface area (Å²) in [5, 5.41) is 292. The molecular weight excluding hydrogens is 1910 g/mol. The topological polar surface area (TPSA) is 788 Å². The number of hydrogen-bond donors (Lipinski definition) is 28. The van der Waals surface area contributed by atoms with Crippen LogP contribution in [0.25, 0.3) is 11.1 Å². The van der Waals surface area contributed by atoms with Crippen molar-refractivity contribution in [2.75, 3.05) is 159 Å². The summed E-state index contributed by atoms with van der Waals surface area (Å²) in [6.45, 7) is -7.28. The molecule has 0 aromatic heterocycles. The highest BCUT2D eigenvalue weighted by Crippen LogP contribution is 2.42. The normalized spacial score (nSPS) is 37.8. The fraction of sp³-hybridized carbons (Fsp3) is 0.711. The van der Waals surface area contributed by atoms with E-state index in [0.717, 1.165) is 0 Å². The maximum absolute atomic E-state index is 11.1. The van der Waals surface area contributed by atoms with Crippen molar-refractivity contribution in [2.45, 2.75) is 246 Å². The van der Waals surface area contributed by atoms with Crippen LogP contribution in [0.5, 0.6) is 23.0 Å². The van der Waals surface area contributed by atoms with E-state index in [-0.39, 0.29) is 106 Å². The van der Waals surface area contributed by atoms with Crippen molar-refractivity contribution < 1.29 is 257 Å². The molecule has 52 nitrogen and oxygen atoms in total. The minimum atomic E-state index is -1.86. The van der Waals surface area contributed by atoms with Gasteiger partial charge in [-0.25, -0.2) is 0 Å². The van der Waals surface area contributed by atoms with E-state index in [1.165, 1.54) is 0 Å². The SMILES string of the molecule is OC[C@H]1O[C@@H](O[C@H]2[C@H](O)[C@@H](O)[C@@H](OCCOCCOc3ccc(C(=C(c4ccc(OCCOCCO[C@H]5O[C@H](CO)[C@@H](O[C@@H]6O[C@H](CO)[C@H](O)[C@H](O)[C@H]6O)[C@H](O)[C@H]5O)cc4)c4ccc(OCCOCCO[C@H]5O[C@H](CO)[C@@H](O[C@@H]6O[C@H](CO)[C@H](O)[C@H](O)[C@H]6O)[C@H](O)[C@H]5O)cc4)c4ccc(OCCOCCO[C@H]5O[C@H](CO)[C@@H](O[C@@H]6O[C@H](CO)[C@H](O)[C@H](O)[C@H]6O)[C@H](O)[C@H]5O)cc4)cc3)O[C@@H]2CO)[C@H](O)[C@@H](O)[C@H]1O. The molecule has 8 heterocycles. The Morgan fingerprint density at radius 1 is 0.176 bits per heavy atom. The Morgan fingerprint density at radius 2 is 0.338 bits per heavy atom. The summed E-state index contributed by atoms with van der Waals surface area (Å²) in [7, 11) is 0. The molecule has 4 aromatic rings. The second-order valence-corrected chi connectivity index (χ2v) is 34.2. The first-order valence-electron chi connectivity index (χ1n) is 46.2. The average molecular weight is 2050 g/mol. The summed E-state index contributed by atoms with van der Waals surface area (Å²) in [5.74, 6) is 1.63.